The fourth-order valence-electron chi connectivity index (χ4n) is 7.34. The van der Waals surface area contributed by atoms with Crippen LogP contribution < -0.4 is 10.2 Å². The van der Waals surface area contributed by atoms with Gasteiger partial charge in [-0.2, -0.15) is 5.26 Å². The van der Waals surface area contributed by atoms with Crippen LogP contribution in [0.4, 0.5) is 33.6 Å². The number of carbonyl (C=O) groups is 2. The molecule has 0 saturated carbocycles. The van der Waals surface area contributed by atoms with Gasteiger partial charge in [-0.15, -0.1) is 11.3 Å². The third-order valence-electron chi connectivity index (χ3n) is 9.52. The number of ether oxygens (including phenoxy) is 3. The Balaban J connectivity index is 1.17. The maximum atomic E-state index is 17.0. The second kappa shape index (κ2) is 12.6. The summed E-state index contributed by atoms with van der Waals surface area (Å²) in [6.45, 7) is 5.33. The Morgan fingerprint density at radius 2 is 1.83 bits per heavy atom. The predicted octanol–water partition coefficient (Wildman–Crippen LogP) is 7.59. The number of alkyl halides is 1. The van der Waals surface area contributed by atoms with Gasteiger partial charge in [-0.3, -0.25) is 10.2 Å². The second-order valence-corrected chi connectivity index (χ2v) is 14.8. The number of anilines is 2. The van der Waals surface area contributed by atoms with E-state index in [0.717, 1.165) is 16.9 Å². The Morgan fingerprint density at radius 1 is 1.06 bits per heavy atom. The van der Waals surface area contributed by atoms with E-state index in [1.54, 1.807) is 25.7 Å². The van der Waals surface area contributed by atoms with E-state index in [2.05, 4.69) is 21.4 Å². The lowest BCUT2D eigenvalue weighted by atomic mass is 9.90. The van der Waals surface area contributed by atoms with Gasteiger partial charge in [-0.1, -0.05) is 36.4 Å². The second-order valence-electron chi connectivity index (χ2n) is 13.8. The van der Waals surface area contributed by atoms with E-state index in [1.165, 1.54) is 23.4 Å². The van der Waals surface area contributed by atoms with Gasteiger partial charge in [-0.25, -0.2) is 32.7 Å². The summed E-state index contributed by atoms with van der Waals surface area (Å²) in [6, 6.07) is 12.3. The highest BCUT2D eigenvalue weighted by atomic mass is 32.1. The van der Waals surface area contributed by atoms with Crippen LogP contribution in [-0.4, -0.2) is 64.0 Å². The highest BCUT2D eigenvalue weighted by Gasteiger charge is 2.55. The molecule has 11 nitrogen and oxygen atoms in total. The monoisotopic (exact) mass is 728 g/mol. The zero-order chi connectivity index (χ0) is 36.5. The molecule has 0 radical (unpaired) electrons. The van der Waals surface area contributed by atoms with Gasteiger partial charge < -0.3 is 19.1 Å². The third kappa shape index (κ3) is 5.53. The molecule has 2 bridgehead atoms. The lowest BCUT2D eigenvalue weighted by molar-refractivity contribution is 0.0636. The highest BCUT2D eigenvalue weighted by molar-refractivity contribution is 7.23. The SMILES string of the molecule is CC(C)(C)OC(=O)Nc1sc2c(F)ccc(-c3c4c(c5c(N6C[C@H]7[C@H](F)[C@@H]6CN7C(=O)OCc6ccccc6)ncnc5c3F)COC4)c2c1C#N. The molecule has 3 aliphatic heterocycles. The van der Waals surface area contributed by atoms with Gasteiger partial charge in [-0.05, 0) is 49.1 Å². The molecule has 5 heterocycles. The molecular formula is C37H31F3N6O5S. The van der Waals surface area contributed by atoms with Crippen LogP contribution in [0.2, 0.25) is 0 Å². The number of hydrogen-bond donors (Lipinski definition) is 1. The summed E-state index contributed by atoms with van der Waals surface area (Å²) in [4.78, 5) is 37.6. The number of piperazine rings is 1. The number of fused-ring (bicyclic) bond motifs is 6. The van der Waals surface area contributed by atoms with Crippen molar-refractivity contribution in [2.24, 2.45) is 0 Å². The van der Waals surface area contributed by atoms with Crippen molar-refractivity contribution in [2.45, 2.75) is 64.4 Å². The molecule has 1 N–H and O–H groups in total. The lowest BCUT2D eigenvalue weighted by Crippen LogP contribution is -2.49. The van der Waals surface area contributed by atoms with Crippen molar-refractivity contribution >= 4 is 55.3 Å². The Hall–Kier alpha value is -5.46. The molecule has 5 aromatic rings. The van der Waals surface area contributed by atoms with E-state index in [1.807, 2.05) is 30.3 Å². The number of carbonyl (C=O) groups excluding carboxylic acids is 2. The zero-order valence-corrected chi connectivity index (χ0v) is 29.0. The number of rotatable bonds is 5. The molecule has 2 fully saturated rings. The number of likely N-dealkylation sites (tertiary alicyclic amines) is 1. The molecule has 0 unspecified atom stereocenters. The van der Waals surface area contributed by atoms with E-state index < -0.39 is 47.7 Å². The first-order valence-corrected chi connectivity index (χ1v) is 17.4. The minimum Gasteiger partial charge on any atom is -0.445 e. The first-order valence-electron chi connectivity index (χ1n) is 16.5. The highest BCUT2D eigenvalue weighted by Crippen LogP contribution is 2.48. The number of benzene rings is 3. The van der Waals surface area contributed by atoms with Crippen LogP contribution in [-0.2, 0) is 34.0 Å². The van der Waals surface area contributed by atoms with Gasteiger partial charge >= 0.3 is 12.2 Å². The molecule has 3 aliphatic rings. The number of aromatic nitrogens is 2. The molecule has 266 valence electrons. The first-order chi connectivity index (χ1) is 24.9. The normalized spacial score (nSPS) is 19.3. The van der Waals surface area contributed by atoms with Gasteiger partial charge in [0.1, 0.15) is 52.9 Å². The third-order valence-corrected chi connectivity index (χ3v) is 10.6. The van der Waals surface area contributed by atoms with Crippen molar-refractivity contribution < 1.29 is 37.0 Å². The van der Waals surface area contributed by atoms with Crippen LogP contribution in [0, 0.1) is 23.0 Å². The smallest absolute Gasteiger partial charge is 0.412 e. The van der Waals surface area contributed by atoms with E-state index in [-0.39, 0.29) is 70.2 Å². The minimum absolute atomic E-state index is 0.00140. The summed E-state index contributed by atoms with van der Waals surface area (Å²) < 4.78 is 64.9. The van der Waals surface area contributed by atoms with Crippen molar-refractivity contribution in [1.82, 2.24) is 14.9 Å². The van der Waals surface area contributed by atoms with Crippen LogP contribution in [0.1, 0.15) is 43.0 Å². The molecule has 3 aromatic carbocycles. The van der Waals surface area contributed by atoms with E-state index in [9.17, 15) is 14.9 Å². The standard InChI is InChI=1S/C37H31F3N6O5S/c1-37(2,3)51-35(47)44-34-20(11-41)27-19(9-10-23(38)32(27)52-34)26-21-15-49-16-22(21)28-31(30(26)40)42-17-43-33(28)45-12-25-29(39)24(45)13-46(25)36(48)50-14-18-7-5-4-6-8-18/h4-10,17,24-25,29H,12-16H2,1-3H3,(H,44,47)/t24-,25-,29+/m0/s1. The maximum Gasteiger partial charge on any atom is 0.412 e. The average molecular weight is 729 g/mol. The number of thiophene rings is 1. The van der Waals surface area contributed by atoms with Gasteiger partial charge in [0.2, 0.25) is 0 Å². The number of nitrogens with zero attached hydrogens (tertiary/aromatic N) is 5. The average Bonchev–Trinajstić information content (AvgIpc) is 3.89. The summed E-state index contributed by atoms with van der Waals surface area (Å²) in [5.74, 6) is -1.09. The number of nitriles is 1. The Kier molecular flexibility index (Phi) is 8.19. The molecular weight excluding hydrogens is 698 g/mol. The molecule has 52 heavy (non-hydrogen) atoms. The Morgan fingerprint density at radius 3 is 2.54 bits per heavy atom. The molecule has 15 heteroatoms. The predicted molar refractivity (Wildman–Crippen MR) is 186 cm³/mol. The maximum absolute atomic E-state index is 17.0. The number of nitrogens with one attached hydrogen (secondary N) is 1. The van der Waals surface area contributed by atoms with Crippen molar-refractivity contribution in [1.29, 1.82) is 5.26 Å². The van der Waals surface area contributed by atoms with Crippen LogP contribution in [0.25, 0.3) is 32.1 Å². The fraction of sp³-hybridized carbons (Fsp3) is 0.324. The largest absolute Gasteiger partial charge is 0.445 e. The molecule has 0 aliphatic carbocycles. The molecule has 3 atom stereocenters. The summed E-state index contributed by atoms with van der Waals surface area (Å²) >= 11 is 0.843. The number of amides is 2. The summed E-state index contributed by atoms with van der Waals surface area (Å²) in [7, 11) is 0. The van der Waals surface area contributed by atoms with Crippen molar-refractivity contribution in [3.63, 3.8) is 0 Å². The molecule has 2 amide bonds. The lowest BCUT2D eigenvalue weighted by Gasteiger charge is -2.34. The number of hydrogen-bond acceptors (Lipinski definition) is 10. The van der Waals surface area contributed by atoms with Gasteiger partial charge in [0.15, 0.2) is 5.82 Å². The minimum atomic E-state index is -1.40. The van der Waals surface area contributed by atoms with Gasteiger partial charge in [0.25, 0.3) is 0 Å². The van der Waals surface area contributed by atoms with Crippen LogP contribution in [0.5, 0.6) is 0 Å². The van der Waals surface area contributed by atoms with Crippen LogP contribution in [0.3, 0.4) is 0 Å². The van der Waals surface area contributed by atoms with E-state index >= 15 is 13.2 Å². The van der Waals surface area contributed by atoms with Crippen LogP contribution >= 0.6 is 11.3 Å². The summed E-state index contributed by atoms with van der Waals surface area (Å²) in [6.07, 6.45) is -1.64. The molecule has 0 spiro atoms. The quantitative estimate of drug-likeness (QED) is 0.195. The van der Waals surface area contributed by atoms with Gasteiger partial charge in [0, 0.05) is 24.0 Å². The molecule has 2 saturated heterocycles. The molecule has 2 aromatic heterocycles. The van der Waals surface area contributed by atoms with Crippen LogP contribution in [0.15, 0.2) is 48.8 Å². The summed E-state index contributed by atoms with van der Waals surface area (Å²) in [5.41, 5.74) is 1.21. The Labute approximate surface area is 299 Å². The van der Waals surface area contributed by atoms with E-state index in [4.69, 9.17) is 14.2 Å². The number of halogens is 3. The Bertz CT molecular complexity index is 2330. The topological polar surface area (TPSA) is 130 Å². The van der Waals surface area contributed by atoms with Crippen molar-refractivity contribution in [3.8, 4) is 17.2 Å². The van der Waals surface area contributed by atoms with Crippen molar-refractivity contribution in [2.75, 3.05) is 23.3 Å². The van der Waals surface area contributed by atoms with E-state index in [0.29, 0.717) is 22.3 Å². The first kappa shape index (κ1) is 33.7. The van der Waals surface area contributed by atoms with Crippen molar-refractivity contribution in [3.05, 3.63) is 82.7 Å². The van der Waals surface area contributed by atoms with Gasteiger partial charge in [0.05, 0.1) is 40.9 Å². The molecule has 8 rings (SSSR count). The fourth-order valence-corrected chi connectivity index (χ4v) is 8.41. The summed E-state index contributed by atoms with van der Waals surface area (Å²) in [5, 5.41) is 13.3. The zero-order valence-electron chi connectivity index (χ0n) is 28.2.